The van der Waals surface area contributed by atoms with Crippen molar-refractivity contribution in [1.82, 2.24) is 20.2 Å². The van der Waals surface area contributed by atoms with E-state index in [0.717, 1.165) is 5.56 Å². The van der Waals surface area contributed by atoms with Crippen LogP contribution in [0.4, 0.5) is 23.8 Å². The molecule has 0 spiro atoms. The number of piperazine rings is 1. The van der Waals surface area contributed by atoms with Crippen LogP contribution in [0.25, 0.3) is 0 Å². The number of amides is 2. The maximum atomic E-state index is 12.9. The number of anilines is 1. The van der Waals surface area contributed by atoms with Gasteiger partial charge in [-0.2, -0.15) is 13.2 Å². The molecule has 0 bridgehead atoms. The highest BCUT2D eigenvalue weighted by Gasteiger charge is 2.38. The van der Waals surface area contributed by atoms with Gasteiger partial charge in [0.1, 0.15) is 5.82 Å². The molecule has 3 rings (SSSR count). The molecule has 0 aliphatic carbocycles. The molecular formula is C23H26Cl2F3N5O5. The molecular weight excluding hydrogens is 554 g/mol. The SMILES string of the molecule is COC(=O)c1cnc(N2CCN(C(=O)NCc3ccc(Cl)cc3Cl)C(C(C)C)C2)cn1.O=C(O)C(F)(F)F. The second kappa shape index (κ2) is 13.5. The topological polar surface area (TPSA) is 125 Å². The Bertz CT molecular complexity index is 1140. The summed E-state index contributed by atoms with van der Waals surface area (Å²) in [6, 6.07) is 5.05. The van der Waals surface area contributed by atoms with Crippen molar-refractivity contribution in [1.29, 1.82) is 0 Å². The van der Waals surface area contributed by atoms with E-state index >= 15 is 0 Å². The number of methoxy groups -OCH3 is 1. The molecule has 1 atom stereocenters. The largest absolute Gasteiger partial charge is 0.490 e. The first kappa shape index (κ1) is 30.9. The fourth-order valence-electron chi connectivity index (χ4n) is 3.47. The first-order valence-corrected chi connectivity index (χ1v) is 11.9. The molecule has 2 N–H and O–H groups in total. The van der Waals surface area contributed by atoms with Crippen LogP contribution in [-0.4, -0.2) is 76.9 Å². The molecule has 1 fully saturated rings. The van der Waals surface area contributed by atoms with Crippen LogP contribution < -0.4 is 10.2 Å². The Kier molecular flexibility index (Phi) is 11.0. The Hall–Kier alpha value is -3.32. The number of urea groups is 1. The van der Waals surface area contributed by atoms with E-state index in [4.69, 9.17) is 33.1 Å². The summed E-state index contributed by atoms with van der Waals surface area (Å²) in [5.74, 6) is -2.39. The number of ether oxygens (including phenoxy) is 1. The van der Waals surface area contributed by atoms with E-state index in [1.165, 1.54) is 13.3 Å². The quantitative estimate of drug-likeness (QED) is 0.503. The van der Waals surface area contributed by atoms with Crippen molar-refractivity contribution in [2.75, 3.05) is 31.6 Å². The minimum Gasteiger partial charge on any atom is -0.475 e. The van der Waals surface area contributed by atoms with Crippen LogP contribution >= 0.6 is 23.2 Å². The van der Waals surface area contributed by atoms with Gasteiger partial charge in [-0.15, -0.1) is 0 Å². The Balaban J connectivity index is 0.000000638. The number of carboxylic acids is 1. The maximum absolute atomic E-state index is 12.9. The number of alkyl halides is 3. The van der Waals surface area contributed by atoms with E-state index in [1.54, 1.807) is 24.4 Å². The average molecular weight is 580 g/mol. The molecule has 1 saturated heterocycles. The van der Waals surface area contributed by atoms with E-state index < -0.39 is 18.1 Å². The fraction of sp³-hybridized carbons (Fsp3) is 0.435. The van der Waals surface area contributed by atoms with Gasteiger partial charge in [0.2, 0.25) is 0 Å². The third-order valence-corrected chi connectivity index (χ3v) is 6.08. The first-order chi connectivity index (χ1) is 17.7. The zero-order valence-electron chi connectivity index (χ0n) is 20.6. The number of benzene rings is 1. The number of carbonyl (C=O) groups excluding carboxylic acids is 2. The highest BCUT2D eigenvalue weighted by molar-refractivity contribution is 6.35. The number of nitrogens with zero attached hydrogens (tertiary/aromatic N) is 4. The zero-order chi connectivity index (χ0) is 28.6. The van der Waals surface area contributed by atoms with Gasteiger partial charge in [0.05, 0.1) is 25.5 Å². The molecule has 1 aliphatic rings. The van der Waals surface area contributed by atoms with E-state index in [-0.39, 0.29) is 23.7 Å². The van der Waals surface area contributed by atoms with Gasteiger partial charge in [0.15, 0.2) is 5.69 Å². The molecule has 2 aromatic rings. The van der Waals surface area contributed by atoms with Crippen LogP contribution in [0, 0.1) is 5.92 Å². The maximum Gasteiger partial charge on any atom is 0.490 e. The van der Waals surface area contributed by atoms with Crippen LogP contribution in [-0.2, 0) is 16.1 Å². The molecule has 2 heterocycles. The molecule has 0 saturated carbocycles. The summed E-state index contributed by atoms with van der Waals surface area (Å²) < 4.78 is 36.4. The number of esters is 1. The fourth-order valence-corrected chi connectivity index (χ4v) is 3.95. The van der Waals surface area contributed by atoms with Crippen molar-refractivity contribution in [2.45, 2.75) is 32.6 Å². The third-order valence-electron chi connectivity index (χ3n) is 5.49. The van der Waals surface area contributed by atoms with Gasteiger partial charge >= 0.3 is 24.1 Å². The zero-order valence-corrected chi connectivity index (χ0v) is 22.1. The van der Waals surface area contributed by atoms with Crippen LogP contribution in [0.15, 0.2) is 30.6 Å². The number of carboxylic acid groups (broad SMARTS) is 1. The molecule has 1 unspecified atom stereocenters. The molecule has 1 aromatic heterocycles. The van der Waals surface area contributed by atoms with Gasteiger partial charge in [-0.1, -0.05) is 43.1 Å². The normalized spacial score (nSPS) is 15.4. The lowest BCUT2D eigenvalue weighted by atomic mass is 10.00. The van der Waals surface area contributed by atoms with Crippen LogP contribution in [0.1, 0.15) is 29.9 Å². The lowest BCUT2D eigenvalue weighted by molar-refractivity contribution is -0.192. The summed E-state index contributed by atoms with van der Waals surface area (Å²) in [4.78, 5) is 45.8. The van der Waals surface area contributed by atoms with E-state index in [9.17, 15) is 22.8 Å². The summed E-state index contributed by atoms with van der Waals surface area (Å²) in [5.41, 5.74) is 0.964. The number of aromatic nitrogens is 2. The Labute approximate surface area is 226 Å². The predicted octanol–water partition coefficient (Wildman–Crippen LogP) is 4.26. The van der Waals surface area contributed by atoms with Crippen LogP contribution in [0.2, 0.25) is 10.0 Å². The van der Waals surface area contributed by atoms with E-state index in [1.807, 2.05) is 4.90 Å². The van der Waals surface area contributed by atoms with Gasteiger partial charge in [-0.05, 0) is 23.6 Å². The van der Waals surface area contributed by atoms with Crippen molar-refractivity contribution in [3.8, 4) is 0 Å². The lowest BCUT2D eigenvalue weighted by Gasteiger charge is -2.43. The number of rotatable bonds is 5. The highest BCUT2D eigenvalue weighted by atomic mass is 35.5. The summed E-state index contributed by atoms with van der Waals surface area (Å²) in [5, 5.41) is 11.2. The minimum atomic E-state index is -5.08. The van der Waals surface area contributed by atoms with Crippen molar-refractivity contribution < 1.29 is 37.4 Å². The van der Waals surface area contributed by atoms with Crippen LogP contribution in [0.3, 0.4) is 0 Å². The molecule has 0 radical (unpaired) electrons. The van der Waals surface area contributed by atoms with Crippen molar-refractivity contribution in [3.05, 3.63) is 51.9 Å². The van der Waals surface area contributed by atoms with Crippen LogP contribution in [0.5, 0.6) is 0 Å². The minimum absolute atomic E-state index is 0.0171. The van der Waals surface area contributed by atoms with Gasteiger partial charge in [0, 0.05) is 36.2 Å². The van der Waals surface area contributed by atoms with Gasteiger partial charge in [-0.25, -0.2) is 24.4 Å². The standard InChI is InChI=1S/C21H25Cl2N5O3.C2HF3O2/c1-13(2)18-12-27(19-11-24-17(10-25-19)20(29)31-3)6-7-28(18)21(30)26-9-14-4-5-15(22)8-16(14)23;3-2(4,5)1(6)7/h4-5,8,10-11,13,18H,6-7,9,12H2,1-3H3,(H,26,30);(H,6,7). The third kappa shape index (κ3) is 8.62. The number of nitrogens with one attached hydrogen (secondary N) is 1. The molecule has 15 heteroatoms. The Morgan fingerprint density at radius 1 is 1.18 bits per heavy atom. The summed E-state index contributed by atoms with van der Waals surface area (Å²) in [6.07, 6.45) is -2.12. The second-order valence-electron chi connectivity index (χ2n) is 8.40. The lowest BCUT2D eigenvalue weighted by Crippen LogP contribution is -2.59. The number of hydrogen-bond acceptors (Lipinski definition) is 7. The van der Waals surface area contributed by atoms with Gasteiger partial charge in [0.25, 0.3) is 0 Å². The molecule has 2 amide bonds. The van der Waals surface area contributed by atoms with Crippen molar-refractivity contribution >= 4 is 47.0 Å². The highest BCUT2D eigenvalue weighted by Crippen LogP contribution is 2.23. The summed E-state index contributed by atoms with van der Waals surface area (Å²) >= 11 is 12.1. The first-order valence-electron chi connectivity index (χ1n) is 11.2. The molecule has 1 aliphatic heterocycles. The second-order valence-corrected chi connectivity index (χ2v) is 9.24. The molecule has 38 heavy (non-hydrogen) atoms. The Morgan fingerprint density at radius 3 is 2.34 bits per heavy atom. The number of halogens is 5. The number of hydrogen-bond donors (Lipinski definition) is 2. The summed E-state index contributed by atoms with van der Waals surface area (Å²) in [6.45, 7) is 6.22. The Morgan fingerprint density at radius 2 is 1.84 bits per heavy atom. The van der Waals surface area contributed by atoms with Gasteiger partial charge < -0.3 is 25.0 Å². The van der Waals surface area contributed by atoms with Gasteiger partial charge in [-0.3, -0.25) is 0 Å². The van der Waals surface area contributed by atoms with Crippen molar-refractivity contribution in [3.63, 3.8) is 0 Å². The van der Waals surface area contributed by atoms with E-state index in [0.29, 0.717) is 42.0 Å². The van der Waals surface area contributed by atoms with Crippen molar-refractivity contribution in [2.24, 2.45) is 5.92 Å². The smallest absolute Gasteiger partial charge is 0.475 e. The molecule has 1 aromatic carbocycles. The monoisotopic (exact) mass is 579 g/mol. The number of carbonyl (C=O) groups is 3. The number of aliphatic carboxylic acids is 1. The predicted molar refractivity (Wildman–Crippen MR) is 133 cm³/mol. The van der Waals surface area contributed by atoms with E-state index in [2.05, 4.69) is 38.8 Å². The molecule has 208 valence electrons. The summed E-state index contributed by atoms with van der Waals surface area (Å²) in [7, 11) is 1.30. The average Bonchev–Trinajstić information content (AvgIpc) is 2.87. The molecule has 10 nitrogen and oxygen atoms in total.